The molecule has 2 heterocycles. The Balaban J connectivity index is 1.41. The highest BCUT2D eigenvalue weighted by Gasteiger charge is 2.19. The summed E-state index contributed by atoms with van der Waals surface area (Å²) in [5.41, 5.74) is 9.52. The van der Waals surface area contributed by atoms with E-state index in [9.17, 15) is 10.5 Å². The van der Waals surface area contributed by atoms with Crippen molar-refractivity contribution in [3.8, 4) is 34.6 Å². The largest absolute Gasteiger partial charge is 0.309 e. The zero-order chi connectivity index (χ0) is 29.8. The van der Waals surface area contributed by atoms with Crippen molar-refractivity contribution in [1.29, 1.82) is 10.5 Å². The van der Waals surface area contributed by atoms with Crippen LogP contribution in [-0.4, -0.2) is 9.13 Å². The van der Waals surface area contributed by atoms with Crippen molar-refractivity contribution < 1.29 is 0 Å². The fraction of sp³-hybridized carbons (Fsp3) is 0. The summed E-state index contributed by atoms with van der Waals surface area (Å²) in [6.45, 7) is 7.56. The van der Waals surface area contributed by atoms with Gasteiger partial charge in [0.05, 0.1) is 57.2 Å². The van der Waals surface area contributed by atoms with Crippen molar-refractivity contribution in [2.75, 3.05) is 0 Å². The molecule has 44 heavy (non-hydrogen) atoms. The Labute approximate surface area is 253 Å². The van der Waals surface area contributed by atoms with Crippen LogP contribution in [0, 0.1) is 29.2 Å². The maximum atomic E-state index is 10.3. The molecule has 202 valence electrons. The van der Waals surface area contributed by atoms with E-state index in [4.69, 9.17) is 6.57 Å². The average Bonchev–Trinajstić information content (AvgIpc) is 3.60. The first-order chi connectivity index (χ1) is 21.7. The molecule has 0 saturated carbocycles. The van der Waals surface area contributed by atoms with E-state index in [1.807, 2.05) is 84.9 Å². The molecule has 0 N–H and O–H groups in total. The second kappa shape index (κ2) is 9.74. The highest BCUT2D eigenvalue weighted by atomic mass is 15.0. The van der Waals surface area contributed by atoms with E-state index in [1.165, 1.54) is 0 Å². The molecule has 5 heteroatoms. The Morgan fingerprint density at radius 3 is 1.84 bits per heavy atom. The van der Waals surface area contributed by atoms with Crippen LogP contribution in [0.1, 0.15) is 11.1 Å². The molecule has 8 rings (SSSR count). The second-order valence-corrected chi connectivity index (χ2v) is 10.7. The molecule has 0 radical (unpaired) electrons. The maximum absolute atomic E-state index is 10.3. The van der Waals surface area contributed by atoms with E-state index in [1.54, 1.807) is 0 Å². The van der Waals surface area contributed by atoms with Crippen LogP contribution < -0.4 is 0 Å². The summed E-state index contributed by atoms with van der Waals surface area (Å²) < 4.78 is 4.39. The molecule has 0 aliphatic heterocycles. The summed E-state index contributed by atoms with van der Waals surface area (Å²) in [4.78, 5) is 3.67. The van der Waals surface area contributed by atoms with Gasteiger partial charge in [-0.2, -0.15) is 10.5 Å². The lowest BCUT2D eigenvalue weighted by Gasteiger charge is -2.16. The number of hydrogen-bond donors (Lipinski definition) is 0. The van der Waals surface area contributed by atoms with Gasteiger partial charge in [-0.3, -0.25) is 0 Å². The first-order valence-corrected chi connectivity index (χ1v) is 14.2. The van der Waals surface area contributed by atoms with E-state index in [2.05, 4.69) is 68.6 Å². The molecular weight excluding hydrogens is 538 g/mol. The summed E-state index contributed by atoms with van der Waals surface area (Å²) in [6.07, 6.45) is 0. The Hall–Kier alpha value is -6.61. The van der Waals surface area contributed by atoms with Crippen molar-refractivity contribution in [3.05, 3.63) is 150 Å². The molecule has 5 nitrogen and oxygen atoms in total. The van der Waals surface area contributed by atoms with Crippen molar-refractivity contribution in [1.82, 2.24) is 9.13 Å². The number of nitriles is 2. The van der Waals surface area contributed by atoms with Crippen LogP contribution in [-0.2, 0) is 0 Å². The zero-order valence-electron chi connectivity index (χ0n) is 23.4. The lowest BCUT2D eigenvalue weighted by Crippen LogP contribution is -2.00. The fourth-order valence-electron chi connectivity index (χ4n) is 6.48. The van der Waals surface area contributed by atoms with Gasteiger partial charge in [0.25, 0.3) is 0 Å². The van der Waals surface area contributed by atoms with E-state index in [0.29, 0.717) is 16.8 Å². The zero-order valence-corrected chi connectivity index (χ0v) is 23.4. The lowest BCUT2D eigenvalue weighted by atomic mass is 10.00. The first-order valence-electron chi connectivity index (χ1n) is 14.2. The summed E-state index contributed by atoms with van der Waals surface area (Å²) in [5, 5.41) is 24.0. The summed E-state index contributed by atoms with van der Waals surface area (Å²) >= 11 is 0. The molecule has 0 unspecified atom stereocenters. The minimum atomic E-state index is 0.557. The SMILES string of the molecule is [C-]#[N+]c1ccc2c(c1)c1ccccc1n2-c1ccccc1-c1ccc(C#N)c(-n2c3ccccc3c3cc(C#N)ccc32)c1. The molecule has 8 aromatic rings. The number of hydrogen-bond acceptors (Lipinski definition) is 2. The van der Waals surface area contributed by atoms with E-state index >= 15 is 0 Å². The van der Waals surface area contributed by atoms with Gasteiger partial charge in [0.1, 0.15) is 6.07 Å². The minimum absolute atomic E-state index is 0.557. The third-order valence-electron chi connectivity index (χ3n) is 8.40. The quantitative estimate of drug-likeness (QED) is 0.202. The van der Waals surface area contributed by atoms with E-state index in [-0.39, 0.29) is 0 Å². The smallest absolute Gasteiger partial charge is 0.188 e. The average molecular weight is 560 g/mol. The van der Waals surface area contributed by atoms with Gasteiger partial charge in [-0.25, -0.2) is 4.85 Å². The molecule has 0 aliphatic carbocycles. The number of rotatable bonds is 3. The molecule has 2 aromatic heterocycles. The summed E-state index contributed by atoms with van der Waals surface area (Å²) in [5.74, 6) is 0. The van der Waals surface area contributed by atoms with E-state index < -0.39 is 0 Å². The van der Waals surface area contributed by atoms with Crippen LogP contribution in [0.25, 0.3) is 71.0 Å². The second-order valence-electron chi connectivity index (χ2n) is 10.7. The summed E-state index contributed by atoms with van der Waals surface area (Å²) in [6, 6.07) is 46.9. The van der Waals surface area contributed by atoms with Gasteiger partial charge in [0.2, 0.25) is 0 Å². The number of fused-ring (bicyclic) bond motifs is 6. The van der Waals surface area contributed by atoms with Gasteiger partial charge in [0, 0.05) is 21.7 Å². The van der Waals surface area contributed by atoms with E-state index in [0.717, 1.165) is 66.1 Å². The van der Waals surface area contributed by atoms with Crippen LogP contribution >= 0.6 is 0 Å². The number of nitrogens with zero attached hydrogens (tertiary/aromatic N) is 5. The van der Waals surface area contributed by atoms with Crippen LogP contribution in [0.2, 0.25) is 0 Å². The van der Waals surface area contributed by atoms with Gasteiger partial charge in [-0.1, -0.05) is 66.7 Å². The third-order valence-corrected chi connectivity index (χ3v) is 8.40. The minimum Gasteiger partial charge on any atom is -0.309 e. The molecule has 0 bridgehead atoms. The fourth-order valence-corrected chi connectivity index (χ4v) is 6.48. The number of para-hydroxylation sites is 3. The van der Waals surface area contributed by atoms with Gasteiger partial charge in [-0.15, -0.1) is 0 Å². The monoisotopic (exact) mass is 559 g/mol. The Kier molecular flexibility index (Phi) is 5.56. The Morgan fingerprint density at radius 1 is 0.523 bits per heavy atom. The predicted octanol–water partition coefficient (Wildman–Crippen LogP) is 9.84. The maximum Gasteiger partial charge on any atom is 0.188 e. The highest BCUT2D eigenvalue weighted by molar-refractivity contribution is 6.11. The normalized spacial score (nSPS) is 11.1. The predicted molar refractivity (Wildman–Crippen MR) is 176 cm³/mol. The molecule has 6 aromatic carbocycles. The molecule has 0 fully saturated rings. The molecule has 0 spiro atoms. The van der Waals surface area contributed by atoms with Crippen LogP contribution in [0.15, 0.2) is 127 Å². The van der Waals surface area contributed by atoms with Crippen molar-refractivity contribution in [2.45, 2.75) is 0 Å². The Bertz CT molecular complexity index is 2600. The molecule has 0 atom stereocenters. The molecule has 0 aliphatic rings. The summed E-state index contributed by atoms with van der Waals surface area (Å²) in [7, 11) is 0. The Morgan fingerprint density at radius 2 is 1.14 bits per heavy atom. The highest BCUT2D eigenvalue weighted by Crippen LogP contribution is 2.39. The molecular formula is C39H21N5. The van der Waals surface area contributed by atoms with Gasteiger partial charge in [0.15, 0.2) is 5.69 Å². The van der Waals surface area contributed by atoms with Crippen molar-refractivity contribution in [2.24, 2.45) is 0 Å². The third kappa shape index (κ3) is 3.63. The first kappa shape index (κ1) is 25.1. The standard InChI is InChI=1S/C39H21N5/c1-42-28-17-19-38-33(22-28)31-10-4-6-12-35(31)43(38)34-11-5-2-8-29(34)26-15-16-27(24-41)39(21-26)44-36-13-7-3-9-30(36)32-20-25(23-40)14-18-37(32)44/h2-22H. The van der Waals surface area contributed by atoms with Crippen LogP contribution in [0.4, 0.5) is 5.69 Å². The van der Waals surface area contributed by atoms with Crippen LogP contribution in [0.3, 0.4) is 0 Å². The van der Waals surface area contributed by atoms with Crippen molar-refractivity contribution >= 4 is 49.3 Å². The molecule has 0 amide bonds. The van der Waals surface area contributed by atoms with Crippen LogP contribution in [0.5, 0.6) is 0 Å². The van der Waals surface area contributed by atoms with Gasteiger partial charge < -0.3 is 9.13 Å². The van der Waals surface area contributed by atoms with Gasteiger partial charge in [-0.05, 0) is 71.6 Å². The number of aromatic nitrogens is 2. The lowest BCUT2D eigenvalue weighted by molar-refractivity contribution is 1.16. The number of benzene rings is 6. The molecule has 0 saturated heterocycles. The van der Waals surface area contributed by atoms with Crippen molar-refractivity contribution in [3.63, 3.8) is 0 Å². The van der Waals surface area contributed by atoms with Gasteiger partial charge >= 0.3 is 0 Å². The topological polar surface area (TPSA) is 61.8 Å².